The standard InChI is InChI=1S/C11H17NO2S/c1-12-10(7-8-13)9-15(14)11-5-3-2-4-6-11/h2-6,10,12-13H,7-9H2,1H3. The molecule has 1 rings (SSSR count). The van der Waals surface area contributed by atoms with E-state index in [0.29, 0.717) is 12.2 Å². The van der Waals surface area contributed by atoms with Crippen LogP contribution in [0.25, 0.3) is 0 Å². The van der Waals surface area contributed by atoms with Crippen molar-refractivity contribution in [2.75, 3.05) is 19.4 Å². The monoisotopic (exact) mass is 227 g/mol. The van der Waals surface area contributed by atoms with Gasteiger partial charge in [-0.05, 0) is 25.6 Å². The second-order valence-corrected chi connectivity index (χ2v) is 4.82. The molecule has 2 N–H and O–H groups in total. The quantitative estimate of drug-likeness (QED) is 0.754. The number of aliphatic hydroxyl groups is 1. The lowest BCUT2D eigenvalue weighted by molar-refractivity contribution is 0.273. The predicted molar refractivity (Wildman–Crippen MR) is 62.3 cm³/mol. The molecule has 0 aliphatic heterocycles. The molecule has 4 heteroatoms. The number of benzene rings is 1. The van der Waals surface area contributed by atoms with Crippen molar-refractivity contribution >= 4 is 10.8 Å². The van der Waals surface area contributed by atoms with E-state index in [1.165, 1.54) is 0 Å². The Kier molecular flexibility index (Phi) is 5.53. The van der Waals surface area contributed by atoms with Crippen molar-refractivity contribution in [2.24, 2.45) is 0 Å². The molecule has 1 aromatic rings. The Morgan fingerprint density at radius 1 is 1.40 bits per heavy atom. The zero-order valence-corrected chi connectivity index (χ0v) is 9.67. The van der Waals surface area contributed by atoms with Crippen LogP contribution in [0.1, 0.15) is 6.42 Å². The van der Waals surface area contributed by atoms with E-state index < -0.39 is 10.8 Å². The topological polar surface area (TPSA) is 49.3 Å². The maximum Gasteiger partial charge on any atom is 0.0545 e. The van der Waals surface area contributed by atoms with Crippen molar-refractivity contribution < 1.29 is 9.32 Å². The molecule has 0 radical (unpaired) electrons. The van der Waals surface area contributed by atoms with Crippen molar-refractivity contribution in [3.05, 3.63) is 30.3 Å². The van der Waals surface area contributed by atoms with Gasteiger partial charge in [-0.15, -0.1) is 0 Å². The van der Waals surface area contributed by atoms with E-state index in [9.17, 15) is 4.21 Å². The van der Waals surface area contributed by atoms with Gasteiger partial charge < -0.3 is 10.4 Å². The molecule has 0 saturated heterocycles. The Balaban J connectivity index is 2.55. The molecule has 1 aromatic carbocycles. The SMILES string of the molecule is CNC(CCO)CS(=O)c1ccccc1. The maximum absolute atomic E-state index is 11.9. The molecule has 84 valence electrons. The molecule has 0 aliphatic rings. The highest BCUT2D eigenvalue weighted by Gasteiger charge is 2.11. The van der Waals surface area contributed by atoms with E-state index in [-0.39, 0.29) is 12.6 Å². The Morgan fingerprint density at radius 2 is 2.07 bits per heavy atom. The van der Waals surface area contributed by atoms with E-state index >= 15 is 0 Å². The Labute approximate surface area is 93.0 Å². The van der Waals surface area contributed by atoms with Crippen molar-refractivity contribution in [3.63, 3.8) is 0 Å². The molecule has 0 amide bonds. The molecule has 0 aliphatic carbocycles. The molecule has 0 aromatic heterocycles. The summed E-state index contributed by atoms with van der Waals surface area (Å²) in [5.41, 5.74) is 0. The summed E-state index contributed by atoms with van der Waals surface area (Å²) in [6, 6.07) is 9.51. The van der Waals surface area contributed by atoms with Gasteiger partial charge in [-0.25, -0.2) is 0 Å². The Morgan fingerprint density at radius 3 is 2.60 bits per heavy atom. The molecular formula is C11H17NO2S. The third kappa shape index (κ3) is 4.11. The first-order valence-electron chi connectivity index (χ1n) is 4.99. The molecule has 15 heavy (non-hydrogen) atoms. The average Bonchev–Trinajstić information content (AvgIpc) is 2.29. The first kappa shape index (κ1) is 12.4. The van der Waals surface area contributed by atoms with Crippen LogP contribution in [0.2, 0.25) is 0 Å². The number of hydrogen-bond acceptors (Lipinski definition) is 3. The lowest BCUT2D eigenvalue weighted by Crippen LogP contribution is -2.31. The molecule has 0 heterocycles. The van der Waals surface area contributed by atoms with Gasteiger partial charge in [0.15, 0.2) is 0 Å². The summed E-state index contributed by atoms with van der Waals surface area (Å²) in [7, 11) is 0.833. The van der Waals surface area contributed by atoms with E-state index in [1.54, 1.807) is 0 Å². The molecule has 0 spiro atoms. The number of nitrogens with one attached hydrogen (secondary N) is 1. The average molecular weight is 227 g/mol. The van der Waals surface area contributed by atoms with E-state index in [1.807, 2.05) is 37.4 Å². The van der Waals surface area contributed by atoms with Gasteiger partial charge in [-0.3, -0.25) is 4.21 Å². The molecule has 2 unspecified atom stereocenters. The van der Waals surface area contributed by atoms with Crippen molar-refractivity contribution in [1.29, 1.82) is 0 Å². The van der Waals surface area contributed by atoms with E-state index in [2.05, 4.69) is 5.32 Å². The number of hydrogen-bond donors (Lipinski definition) is 2. The van der Waals surface area contributed by atoms with Crippen LogP contribution in [0.5, 0.6) is 0 Å². The van der Waals surface area contributed by atoms with E-state index in [0.717, 1.165) is 4.90 Å². The number of aliphatic hydroxyl groups excluding tert-OH is 1. The minimum atomic E-state index is -0.988. The summed E-state index contributed by atoms with van der Waals surface area (Å²) in [5, 5.41) is 11.9. The summed E-state index contributed by atoms with van der Waals surface area (Å²) in [6.07, 6.45) is 0.634. The van der Waals surface area contributed by atoms with Crippen LogP contribution in [-0.2, 0) is 10.8 Å². The molecule has 2 atom stereocenters. The Bertz CT molecular complexity index is 303. The van der Waals surface area contributed by atoms with Crippen LogP contribution in [-0.4, -0.2) is 34.8 Å². The third-order valence-corrected chi connectivity index (χ3v) is 3.75. The largest absolute Gasteiger partial charge is 0.396 e. The number of rotatable bonds is 6. The lowest BCUT2D eigenvalue weighted by atomic mass is 10.2. The van der Waals surface area contributed by atoms with Crippen molar-refractivity contribution in [1.82, 2.24) is 5.32 Å². The van der Waals surface area contributed by atoms with Gasteiger partial charge in [0.1, 0.15) is 0 Å². The highest BCUT2D eigenvalue weighted by molar-refractivity contribution is 7.85. The maximum atomic E-state index is 11.9. The van der Waals surface area contributed by atoms with Crippen LogP contribution >= 0.6 is 0 Å². The smallest absolute Gasteiger partial charge is 0.0545 e. The zero-order valence-electron chi connectivity index (χ0n) is 8.85. The van der Waals surface area contributed by atoms with Crippen molar-refractivity contribution in [2.45, 2.75) is 17.4 Å². The molecule has 0 bridgehead atoms. The Hall–Kier alpha value is -0.710. The molecule has 0 saturated carbocycles. The summed E-state index contributed by atoms with van der Waals surface area (Å²) in [5.74, 6) is 0.543. The highest BCUT2D eigenvalue weighted by atomic mass is 32.2. The van der Waals surface area contributed by atoms with Gasteiger partial charge >= 0.3 is 0 Å². The van der Waals surface area contributed by atoms with Gasteiger partial charge in [0.25, 0.3) is 0 Å². The second-order valence-electron chi connectivity index (χ2n) is 3.32. The molecule has 3 nitrogen and oxygen atoms in total. The van der Waals surface area contributed by atoms with E-state index in [4.69, 9.17) is 5.11 Å². The van der Waals surface area contributed by atoms with Crippen LogP contribution in [0.3, 0.4) is 0 Å². The van der Waals surface area contributed by atoms with Gasteiger partial charge in [0.2, 0.25) is 0 Å². The fourth-order valence-electron chi connectivity index (χ4n) is 1.32. The highest BCUT2D eigenvalue weighted by Crippen LogP contribution is 2.07. The van der Waals surface area contributed by atoms with Crippen molar-refractivity contribution in [3.8, 4) is 0 Å². The summed E-state index contributed by atoms with van der Waals surface area (Å²) < 4.78 is 11.9. The normalized spacial score (nSPS) is 14.8. The van der Waals surface area contributed by atoms with Crippen LogP contribution < -0.4 is 5.32 Å². The first-order valence-corrected chi connectivity index (χ1v) is 6.31. The summed E-state index contributed by atoms with van der Waals surface area (Å²) in [6.45, 7) is 0.123. The van der Waals surface area contributed by atoms with Gasteiger partial charge in [0, 0.05) is 23.3 Å². The summed E-state index contributed by atoms with van der Waals surface area (Å²) >= 11 is 0. The summed E-state index contributed by atoms with van der Waals surface area (Å²) in [4.78, 5) is 0.843. The van der Waals surface area contributed by atoms with Crippen LogP contribution in [0.15, 0.2) is 35.2 Å². The van der Waals surface area contributed by atoms with Crippen LogP contribution in [0, 0.1) is 0 Å². The van der Waals surface area contributed by atoms with Gasteiger partial charge in [0.05, 0.1) is 10.8 Å². The minimum absolute atomic E-state index is 0.107. The van der Waals surface area contributed by atoms with Gasteiger partial charge in [-0.1, -0.05) is 18.2 Å². The molecular weight excluding hydrogens is 210 g/mol. The fourth-order valence-corrected chi connectivity index (χ4v) is 2.67. The molecule has 0 fully saturated rings. The second kappa shape index (κ2) is 6.71. The van der Waals surface area contributed by atoms with Crippen LogP contribution in [0.4, 0.5) is 0 Å². The lowest BCUT2D eigenvalue weighted by Gasteiger charge is -2.13. The third-order valence-electron chi connectivity index (χ3n) is 2.24. The fraction of sp³-hybridized carbons (Fsp3) is 0.455. The van der Waals surface area contributed by atoms with Gasteiger partial charge in [-0.2, -0.15) is 0 Å². The minimum Gasteiger partial charge on any atom is -0.396 e. The first-order chi connectivity index (χ1) is 7.27. The zero-order chi connectivity index (χ0) is 11.1. The predicted octanol–water partition coefficient (Wildman–Crippen LogP) is 0.765.